The number of benzene rings is 1. The Hall–Kier alpha value is -1.92. The molecule has 0 fully saturated rings. The van der Waals surface area contributed by atoms with Crippen LogP contribution < -0.4 is 5.73 Å². The van der Waals surface area contributed by atoms with Crippen molar-refractivity contribution in [1.29, 1.82) is 0 Å². The Morgan fingerprint density at radius 2 is 2.05 bits per heavy atom. The zero-order valence-electron chi connectivity index (χ0n) is 12.9. The second-order valence-corrected chi connectivity index (χ2v) is 6.61. The zero-order chi connectivity index (χ0) is 15.8. The predicted molar refractivity (Wildman–Crippen MR) is 89.4 cm³/mol. The lowest BCUT2D eigenvalue weighted by Crippen LogP contribution is -2.19. The summed E-state index contributed by atoms with van der Waals surface area (Å²) in [5, 5.41) is 0.703. The van der Waals surface area contributed by atoms with Crippen LogP contribution in [0.25, 0.3) is 11.3 Å². The molecule has 2 N–H and O–H groups in total. The van der Waals surface area contributed by atoms with E-state index in [-0.39, 0.29) is 5.41 Å². The fourth-order valence-corrected chi connectivity index (χ4v) is 2.61. The molecule has 0 spiro atoms. The molecule has 2 aromatic rings. The van der Waals surface area contributed by atoms with Crippen LogP contribution in [0.4, 0.5) is 5.82 Å². The molecule has 0 saturated heterocycles. The molecular formula is C17H20ClN3. The van der Waals surface area contributed by atoms with E-state index in [1.165, 1.54) is 0 Å². The summed E-state index contributed by atoms with van der Waals surface area (Å²) in [6, 6.07) is 5.70. The summed E-state index contributed by atoms with van der Waals surface area (Å²) in [6.07, 6.45) is 5.47. The number of anilines is 1. The molecule has 1 heterocycles. The quantitative estimate of drug-likeness (QED) is 0.851. The van der Waals surface area contributed by atoms with Gasteiger partial charge < -0.3 is 10.3 Å². The molecule has 0 saturated carbocycles. The van der Waals surface area contributed by atoms with Gasteiger partial charge in [0.2, 0.25) is 0 Å². The van der Waals surface area contributed by atoms with Crippen molar-refractivity contribution in [2.45, 2.75) is 39.7 Å². The van der Waals surface area contributed by atoms with Crippen molar-refractivity contribution in [1.82, 2.24) is 9.55 Å². The molecule has 4 heteroatoms. The maximum absolute atomic E-state index is 6.30. The van der Waals surface area contributed by atoms with E-state index in [1.807, 2.05) is 29.7 Å². The molecule has 0 aliphatic rings. The number of rotatable bonds is 2. The van der Waals surface area contributed by atoms with Gasteiger partial charge in [0.15, 0.2) is 0 Å². The van der Waals surface area contributed by atoms with E-state index in [0.29, 0.717) is 17.4 Å². The number of nitrogens with zero attached hydrogens (tertiary/aromatic N) is 2. The Balaban J connectivity index is 2.68. The van der Waals surface area contributed by atoms with Crippen LogP contribution in [-0.4, -0.2) is 9.55 Å². The first-order valence-corrected chi connectivity index (χ1v) is 7.20. The number of hydrogen-bond acceptors (Lipinski definition) is 2. The van der Waals surface area contributed by atoms with Gasteiger partial charge in [-0.1, -0.05) is 44.4 Å². The molecule has 0 atom stereocenters. The van der Waals surface area contributed by atoms with Gasteiger partial charge in [0.05, 0.1) is 6.54 Å². The number of terminal acetylenes is 1. The Morgan fingerprint density at radius 3 is 2.57 bits per heavy atom. The summed E-state index contributed by atoms with van der Waals surface area (Å²) >= 11 is 6.02. The SMILES string of the molecule is C#CCn1c(C(C)(C)C)nc(-c2ccc(Cl)cc2C)c1N. The van der Waals surface area contributed by atoms with Gasteiger partial charge in [-0.2, -0.15) is 0 Å². The highest BCUT2D eigenvalue weighted by Crippen LogP contribution is 2.34. The summed E-state index contributed by atoms with van der Waals surface area (Å²) in [5.41, 5.74) is 8.96. The Kier molecular flexibility index (Phi) is 4.02. The van der Waals surface area contributed by atoms with Crippen molar-refractivity contribution in [3.05, 3.63) is 34.6 Å². The monoisotopic (exact) mass is 301 g/mol. The lowest BCUT2D eigenvalue weighted by atomic mass is 9.95. The number of nitrogens with two attached hydrogens (primary N) is 1. The van der Waals surface area contributed by atoms with Gasteiger partial charge in [0.1, 0.15) is 17.3 Å². The lowest BCUT2D eigenvalue weighted by molar-refractivity contribution is 0.517. The van der Waals surface area contributed by atoms with Crippen LogP contribution in [0.2, 0.25) is 5.02 Å². The summed E-state index contributed by atoms with van der Waals surface area (Å²) < 4.78 is 1.91. The first kappa shape index (κ1) is 15.5. The van der Waals surface area contributed by atoms with Gasteiger partial charge in [0.25, 0.3) is 0 Å². The van der Waals surface area contributed by atoms with Crippen LogP contribution in [0.1, 0.15) is 32.2 Å². The van der Waals surface area contributed by atoms with Crippen LogP contribution >= 0.6 is 11.6 Å². The van der Waals surface area contributed by atoms with Crippen molar-refractivity contribution >= 4 is 17.4 Å². The normalized spacial score (nSPS) is 11.4. The molecule has 0 unspecified atom stereocenters. The highest BCUT2D eigenvalue weighted by Gasteiger charge is 2.25. The lowest BCUT2D eigenvalue weighted by Gasteiger charge is -2.18. The molecule has 1 aromatic carbocycles. The molecule has 110 valence electrons. The fourth-order valence-electron chi connectivity index (χ4n) is 2.38. The second-order valence-electron chi connectivity index (χ2n) is 6.17. The third kappa shape index (κ3) is 2.91. The Labute approximate surface area is 131 Å². The maximum atomic E-state index is 6.30. The largest absolute Gasteiger partial charge is 0.383 e. The Bertz CT molecular complexity index is 715. The summed E-state index contributed by atoms with van der Waals surface area (Å²) in [6.45, 7) is 8.70. The second kappa shape index (κ2) is 5.46. The van der Waals surface area contributed by atoms with Gasteiger partial charge in [-0.15, -0.1) is 6.42 Å². The van der Waals surface area contributed by atoms with Gasteiger partial charge in [0, 0.05) is 16.0 Å². The topological polar surface area (TPSA) is 43.8 Å². The minimum Gasteiger partial charge on any atom is -0.383 e. The first-order chi connectivity index (χ1) is 9.75. The average molecular weight is 302 g/mol. The summed E-state index contributed by atoms with van der Waals surface area (Å²) in [7, 11) is 0. The maximum Gasteiger partial charge on any atom is 0.132 e. The smallest absolute Gasteiger partial charge is 0.132 e. The van der Waals surface area contributed by atoms with Gasteiger partial charge in [-0.3, -0.25) is 0 Å². The minimum atomic E-state index is -0.135. The van der Waals surface area contributed by atoms with Crippen molar-refractivity contribution in [3.63, 3.8) is 0 Å². The predicted octanol–water partition coefficient (Wildman–Crippen LogP) is 4.02. The highest BCUT2D eigenvalue weighted by molar-refractivity contribution is 6.30. The number of hydrogen-bond donors (Lipinski definition) is 1. The molecule has 3 nitrogen and oxygen atoms in total. The molecule has 21 heavy (non-hydrogen) atoms. The van der Waals surface area contributed by atoms with Crippen LogP contribution in [0.5, 0.6) is 0 Å². The van der Waals surface area contributed by atoms with Gasteiger partial charge in [-0.05, 0) is 24.6 Å². The van der Waals surface area contributed by atoms with Crippen molar-refractivity contribution < 1.29 is 0 Å². The average Bonchev–Trinajstić information content (AvgIpc) is 2.68. The van der Waals surface area contributed by atoms with Crippen LogP contribution in [0, 0.1) is 19.3 Å². The fraction of sp³-hybridized carbons (Fsp3) is 0.353. The third-order valence-electron chi connectivity index (χ3n) is 3.37. The van der Waals surface area contributed by atoms with Crippen LogP contribution in [-0.2, 0) is 12.0 Å². The van der Waals surface area contributed by atoms with Crippen LogP contribution in [0.3, 0.4) is 0 Å². The summed E-state index contributed by atoms with van der Waals surface area (Å²) in [4.78, 5) is 4.76. The molecule has 0 bridgehead atoms. The van der Waals surface area contributed by atoms with E-state index in [9.17, 15) is 0 Å². The number of nitrogen functional groups attached to an aromatic ring is 1. The number of aromatic nitrogens is 2. The third-order valence-corrected chi connectivity index (χ3v) is 3.61. The standard InChI is InChI=1S/C17H20ClN3/c1-6-9-21-15(19)14(20-16(21)17(3,4)5)13-8-7-12(18)10-11(13)2/h1,7-8,10H,9,19H2,2-5H3. The van der Waals surface area contributed by atoms with Crippen molar-refractivity contribution in [2.75, 3.05) is 5.73 Å². The number of halogens is 1. The van der Waals surface area contributed by atoms with Crippen LogP contribution in [0.15, 0.2) is 18.2 Å². The molecule has 0 aliphatic heterocycles. The van der Waals surface area contributed by atoms with Gasteiger partial charge >= 0.3 is 0 Å². The van der Waals surface area contributed by atoms with Crippen molar-refractivity contribution in [3.8, 4) is 23.6 Å². The molecule has 1 aromatic heterocycles. The highest BCUT2D eigenvalue weighted by atomic mass is 35.5. The van der Waals surface area contributed by atoms with E-state index in [0.717, 1.165) is 22.6 Å². The van der Waals surface area contributed by atoms with E-state index in [2.05, 4.69) is 26.7 Å². The Morgan fingerprint density at radius 1 is 1.38 bits per heavy atom. The van der Waals surface area contributed by atoms with E-state index in [4.69, 9.17) is 28.7 Å². The summed E-state index contributed by atoms with van der Waals surface area (Å²) in [5.74, 6) is 4.14. The van der Waals surface area contributed by atoms with E-state index in [1.54, 1.807) is 0 Å². The first-order valence-electron chi connectivity index (χ1n) is 6.82. The van der Waals surface area contributed by atoms with Gasteiger partial charge in [-0.25, -0.2) is 4.98 Å². The zero-order valence-corrected chi connectivity index (χ0v) is 13.6. The van der Waals surface area contributed by atoms with E-state index >= 15 is 0 Å². The van der Waals surface area contributed by atoms with E-state index < -0.39 is 0 Å². The molecule has 2 rings (SSSR count). The molecule has 0 radical (unpaired) electrons. The number of imidazole rings is 1. The minimum absolute atomic E-state index is 0.135. The van der Waals surface area contributed by atoms with Crippen molar-refractivity contribution in [2.24, 2.45) is 0 Å². The molecule has 0 amide bonds. The molecule has 0 aliphatic carbocycles. The number of aryl methyl sites for hydroxylation is 1. The molecular weight excluding hydrogens is 282 g/mol.